The number of benzene rings is 1. The molecule has 0 spiro atoms. The summed E-state index contributed by atoms with van der Waals surface area (Å²) < 4.78 is 24.2. The Kier molecular flexibility index (Phi) is 4.68. The highest BCUT2D eigenvalue weighted by molar-refractivity contribution is 7.92. The van der Waals surface area contributed by atoms with E-state index in [1.54, 1.807) is 25.1 Å². The third kappa shape index (κ3) is 3.42. The van der Waals surface area contributed by atoms with Crippen molar-refractivity contribution in [3.05, 3.63) is 29.3 Å². The van der Waals surface area contributed by atoms with Gasteiger partial charge in [-0.3, -0.25) is 4.79 Å². The summed E-state index contributed by atoms with van der Waals surface area (Å²) in [5.41, 5.74) is 1.97. The highest BCUT2D eigenvalue weighted by Gasteiger charge is 2.22. The first-order chi connectivity index (χ1) is 8.27. The normalized spacial score (nSPS) is 13.3. The zero-order valence-corrected chi connectivity index (χ0v) is 12.2. The molecule has 0 radical (unpaired) electrons. The van der Waals surface area contributed by atoms with Crippen molar-refractivity contribution < 1.29 is 13.2 Å². The fraction of sp³-hybridized carbons (Fsp3) is 0.500. The summed E-state index contributed by atoms with van der Waals surface area (Å²) in [4.78, 5) is 12.0. The lowest BCUT2D eigenvalue weighted by atomic mass is 10.1. The molecule has 3 nitrogen and oxygen atoms in total. The Hall–Kier alpha value is -1.16. The van der Waals surface area contributed by atoms with E-state index in [-0.39, 0.29) is 16.6 Å². The minimum Gasteiger partial charge on any atom is -0.298 e. The van der Waals surface area contributed by atoms with Crippen LogP contribution in [0.5, 0.6) is 0 Å². The first kappa shape index (κ1) is 14.9. The highest BCUT2D eigenvalue weighted by atomic mass is 32.2. The van der Waals surface area contributed by atoms with E-state index < -0.39 is 15.6 Å². The van der Waals surface area contributed by atoms with Crippen LogP contribution in [0.1, 0.15) is 31.4 Å². The predicted octanol–water partition coefficient (Wildman–Crippen LogP) is 2.69. The molecule has 100 valence electrons. The van der Waals surface area contributed by atoms with E-state index in [9.17, 15) is 13.2 Å². The average Bonchev–Trinajstić information content (AvgIpc) is 2.30. The lowest BCUT2D eigenvalue weighted by molar-refractivity contribution is -0.119. The quantitative estimate of drug-likeness (QED) is 0.825. The molecular weight excluding hydrogens is 248 g/mol. The van der Waals surface area contributed by atoms with E-state index in [2.05, 4.69) is 0 Å². The number of hydrogen-bond donors (Lipinski definition) is 0. The van der Waals surface area contributed by atoms with Crippen molar-refractivity contribution in [1.82, 2.24) is 0 Å². The Morgan fingerprint density at radius 2 is 1.83 bits per heavy atom. The summed E-state index contributed by atoms with van der Waals surface area (Å²) in [6, 6.07) is 4.98. The molecule has 0 amide bonds. The Morgan fingerprint density at radius 1 is 1.22 bits per heavy atom. The molecule has 0 heterocycles. The van der Waals surface area contributed by atoms with Crippen molar-refractivity contribution in [3.63, 3.8) is 0 Å². The van der Waals surface area contributed by atoms with Crippen molar-refractivity contribution in [1.29, 1.82) is 0 Å². The molecule has 1 rings (SSSR count). The zero-order valence-electron chi connectivity index (χ0n) is 11.4. The van der Waals surface area contributed by atoms with E-state index in [1.807, 2.05) is 20.8 Å². The summed E-state index contributed by atoms with van der Waals surface area (Å²) in [5, 5.41) is 0. The number of carbonyl (C=O) groups is 1. The van der Waals surface area contributed by atoms with Gasteiger partial charge in [0.1, 0.15) is 5.75 Å². The molecule has 0 aromatic heterocycles. The van der Waals surface area contributed by atoms with Crippen LogP contribution in [0.4, 0.5) is 0 Å². The third-order valence-corrected chi connectivity index (χ3v) is 4.97. The molecule has 0 aliphatic rings. The monoisotopic (exact) mass is 268 g/mol. The summed E-state index contributed by atoms with van der Waals surface area (Å²) in [6.45, 7) is 7.43. The summed E-state index contributed by atoms with van der Waals surface area (Å²) in [6.07, 6.45) is 0.668. The number of carbonyl (C=O) groups excluding carboxylic acids is 1. The summed E-state index contributed by atoms with van der Waals surface area (Å²) >= 11 is 0. The molecule has 0 saturated heterocycles. The number of Topliss-reactive ketones (excluding diaryl/α,β-unsaturated/α-hetero) is 1. The first-order valence-electron chi connectivity index (χ1n) is 6.10. The van der Waals surface area contributed by atoms with Gasteiger partial charge in [-0.15, -0.1) is 0 Å². The first-order valence-corrected chi connectivity index (χ1v) is 7.76. The molecule has 0 bridgehead atoms. The van der Waals surface area contributed by atoms with Gasteiger partial charge in [-0.05, 0) is 43.5 Å². The summed E-state index contributed by atoms with van der Waals surface area (Å²) in [7, 11) is -3.50. The van der Waals surface area contributed by atoms with Gasteiger partial charge in [0.15, 0.2) is 15.6 Å². The van der Waals surface area contributed by atoms with Crippen LogP contribution >= 0.6 is 0 Å². The van der Waals surface area contributed by atoms with E-state index in [4.69, 9.17) is 0 Å². The Bertz CT molecular complexity index is 544. The van der Waals surface area contributed by atoms with Gasteiger partial charge < -0.3 is 0 Å². The van der Waals surface area contributed by atoms with Crippen LogP contribution in [0, 0.1) is 19.8 Å². The number of ketones is 1. The molecule has 0 N–H and O–H groups in total. The van der Waals surface area contributed by atoms with Crippen molar-refractivity contribution in [2.24, 2.45) is 5.92 Å². The number of hydrogen-bond acceptors (Lipinski definition) is 3. The molecule has 18 heavy (non-hydrogen) atoms. The van der Waals surface area contributed by atoms with Gasteiger partial charge in [0.05, 0.1) is 4.90 Å². The van der Waals surface area contributed by atoms with Crippen molar-refractivity contribution >= 4 is 15.6 Å². The fourth-order valence-corrected chi connectivity index (χ4v) is 3.01. The molecule has 4 heteroatoms. The largest absolute Gasteiger partial charge is 0.298 e. The van der Waals surface area contributed by atoms with Gasteiger partial charge >= 0.3 is 0 Å². The van der Waals surface area contributed by atoms with Crippen LogP contribution in [-0.2, 0) is 14.6 Å². The van der Waals surface area contributed by atoms with E-state index in [0.717, 1.165) is 11.1 Å². The minimum atomic E-state index is -3.50. The second kappa shape index (κ2) is 5.65. The van der Waals surface area contributed by atoms with Crippen LogP contribution in [0.25, 0.3) is 0 Å². The van der Waals surface area contributed by atoms with Gasteiger partial charge in [0.2, 0.25) is 0 Å². The highest BCUT2D eigenvalue weighted by Crippen LogP contribution is 2.17. The molecule has 0 saturated carbocycles. The van der Waals surface area contributed by atoms with Crippen molar-refractivity contribution in [2.75, 3.05) is 5.75 Å². The Labute approximate surface area is 109 Å². The molecule has 1 atom stereocenters. The number of sulfone groups is 1. The lowest BCUT2D eigenvalue weighted by Crippen LogP contribution is -2.21. The maximum Gasteiger partial charge on any atom is 0.185 e. The fourth-order valence-electron chi connectivity index (χ4n) is 1.55. The van der Waals surface area contributed by atoms with Crippen molar-refractivity contribution in [2.45, 2.75) is 39.0 Å². The lowest BCUT2D eigenvalue weighted by Gasteiger charge is -2.09. The molecule has 1 unspecified atom stereocenters. The molecule has 0 aliphatic carbocycles. The van der Waals surface area contributed by atoms with E-state index in [1.165, 1.54) is 0 Å². The number of aryl methyl sites for hydroxylation is 2. The molecule has 1 aromatic rings. The predicted molar refractivity (Wildman–Crippen MR) is 72.4 cm³/mol. The molecule has 1 aromatic carbocycles. The van der Waals surface area contributed by atoms with Crippen LogP contribution in [0.15, 0.2) is 23.1 Å². The topological polar surface area (TPSA) is 51.2 Å². The van der Waals surface area contributed by atoms with Crippen LogP contribution in [0.3, 0.4) is 0 Å². The molecule has 0 aliphatic heterocycles. The van der Waals surface area contributed by atoms with Crippen LogP contribution in [-0.4, -0.2) is 20.0 Å². The maximum absolute atomic E-state index is 12.1. The van der Waals surface area contributed by atoms with E-state index in [0.29, 0.717) is 6.42 Å². The maximum atomic E-state index is 12.1. The second-order valence-electron chi connectivity index (χ2n) is 4.78. The van der Waals surface area contributed by atoms with Gasteiger partial charge in [0.25, 0.3) is 0 Å². The van der Waals surface area contributed by atoms with Gasteiger partial charge in [-0.2, -0.15) is 0 Å². The number of rotatable bonds is 5. The zero-order chi connectivity index (χ0) is 13.9. The van der Waals surface area contributed by atoms with Gasteiger partial charge in [0, 0.05) is 5.92 Å². The van der Waals surface area contributed by atoms with Gasteiger partial charge in [-0.1, -0.05) is 19.9 Å². The SMILES string of the molecule is CCC(C)C(=O)CS(=O)(=O)c1ccc(C)c(C)c1. The van der Waals surface area contributed by atoms with Crippen LogP contribution in [0.2, 0.25) is 0 Å². The Morgan fingerprint density at radius 3 is 2.33 bits per heavy atom. The van der Waals surface area contributed by atoms with Crippen LogP contribution < -0.4 is 0 Å². The third-order valence-electron chi connectivity index (χ3n) is 3.33. The summed E-state index contributed by atoms with van der Waals surface area (Å²) in [5.74, 6) is -0.813. The Balaban J connectivity index is 3.00. The van der Waals surface area contributed by atoms with Crippen molar-refractivity contribution in [3.8, 4) is 0 Å². The second-order valence-corrected chi connectivity index (χ2v) is 6.77. The van der Waals surface area contributed by atoms with Gasteiger partial charge in [-0.25, -0.2) is 8.42 Å². The minimum absolute atomic E-state index is 0.202. The smallest absolute Gasteiger partial charge is 0.185 e. The van der Waals surface area contributed by atoms with E-state index >= 15 is 0 Å². The molecule has 0 fully saturated rings. The molecular formula is C14H20O3S. The standard InChI is InChI=1S/C14H20O3S/c1-5-10(2)14(15)9-18(16,17)13-7-6-11(3)12(4)8-13/h6-8,10H,5,9H2,1-4H3. The average molecular weight is 268 g/mol.